The summed E-state index contributed by atoms with van der Waals surface area (Å²) in [5.74, 6) is -0.658. The van der Waals surface area contributed by atoms with Gasteiger partial charge in [-0.3, -0.25) is 9.59 Å². The molecular weight excluding hydrogens is 230 g/mol. The minimum Gasteiger partial charge on any atom is -0.481 e. The zero-order chi connectivity index (χ0) is 12.6. The Morgan fingerprint density at radius 3 is 2.44 bits per heavy atom. The van der Waals surface area contributed by atoms with Gasteiger partial charge in [-0.1, -0.05) is 13.8 Å². The highest BCUT2D eigenvalue weighted by molar-refractivity contribution is 8.00. The molecule has 94 valence electrons. The number of thioether (sulfide) groups is 1. The molecule has 1 atom stereocenters. The van der Waals surface area contributed by atoms with Gasteiger partial charge < -0.3 is 15.2 Å². The average molecular weight is 249 g/mol. The molecule has 0 aliphatic heterocycles. The number of carbonyl (C=O) groups is 2. The van der Waals surface area contributed by atoms with Crippen molar-refractivity contribution in [2.75, 3.05) is 25.2 Å². The van der Waals surface area contributed by atoms with Crippen LogP contribution in [-0.2, 0) is 14.3 Å². The third-order valence-corrected chi connectivity index (χ3v) is 2.87. The fraction of sp³-hybridized carbons (Fsp3) is 0.800. The third kappa shape index (κ3) is 7.53. The second kappa shape index (κ2) is 8.41. The van der Waals surface area contributed by atoms with Crippen LogP contribution in [0.25, 0.3) is 0 Å². The second-order valence-electron chi connectivity index (χ2n) is 3.76. The maximum absolute atomic E-state index is 11.4. The van der Waals surface area contributed by atoms with Gasteiger partial charge in [0.2, 0.25) is 5.91 Å². The number of carboxylic acids is 1. The van der Waals surface area contributed by atoms with Crippen LogP contribution in [0.3, 0.4) is 0 Å². The van der Waals surface area contributed by atoms with Gasteiger partial charge in [0.25, 0.3) is 0 Å². The van der Waals surface area contributed by atoms with Crippen LogP contribution in [0.4, 0.5) is 0 Å². The van der Waals surface area contributed by atoms with Gasteiger partial charge in [-0.2, -0.15) is 0 Å². The number of rotatable bonds is 8. The molecule has 0 radical (unpaired) electrons. The smallest absolute Gasteiger partial charge is 0.313 e. The molecule has 16 heavy (non-hydrogen) atoms. The van der Waals surface area contributed by atoms with Gasteiger partial charge in [0.15, 0.2) is 0 Å². The Labute approximate surface area is 99.9 Å². The number of amides is 1. The number of carbonyl (C=O) groups excluding carboxylic acids is 1. The maximum atomic E-state index is 11.4. The summed E-state index contributed by atoms with van der Waals surface area (Å²) in [6.45, 7) is 4.45. The van der Waals surface area contributed by atoms with E-state index in [0.29, 0.717) is 6.61 Å². The van der Waals surface area contributed by atoms with Gasteiger partial charge in [0.05, 0.1) is 24.2 Å². The summed E-state index contributed by atoms with van der Waals surface area (Å²) in [5, 5.41) is 11.2. The summed E-state index contributed by atoms with van der Waals surface area (Å²) in [4.78, 5) is 21.7. The second-order valence-corrected chi connectivity index (χ2v) is 4.75. The minimum absolute atomic E-state index is 0.0251. The lowest BCUT2D eigenvalue weighted by Gasteiger charge is -2.21. The Morgan fingerprint density at radius 1 is 1.38 bits per heavy atom. The first-order valence-electron chi connectivity index (χ1n) is 5.05. The fourth-order valence-electron chi connectivity index (χ4n) is 1.06. The zero-order valence-corrected chi connectivity index (χ0v) is 10.7. The number of methoxy groups -OCH3 is 1. The molecule has 1 amide bonds. The van der Waals surface area contributed by atoms with Gasteiger partial charge in [-0.15, -0.1) is 11.8 Å². The van der Waals surface area contributed by atoms with E-state index in [-0.39, 0.29) is 29.4 Å². The van der Waals surface area contributed by atoms with Crippen molar-refractivity contribution in [3.05, 3.63) is 0 Å². The molecule has 0 aliphatic carbocycles. The summed E-state index contributed by atoms with van der Waals surface area (Å²) >= 11 is 1.09. The van der Waals surface area contributed by atoms with Crippen LogP contribution >= 0.6 is 11.8 Å². The Balaban J connectivity index is 3.86. The number of hydrogen-bond donors (Lipinski definition) is 2. The quantitative estimate of drug-likeness (QED) is 0.658. The molecule has 0 aromatic carbocycles. The van der Waals surface area contributed by atoms with Crippen molar-refractivity contribution < 1.29 is 19.4 Å². The molecule has 0 bridgehead atoms. The molecule has 1 unspecified atom stereocenters. The Morgan fingerprint density at radius 2 is 2.00 bits per heavy atom. The van der Waals surface area contributed by atoms with E-state index in [1.807, 2.05) is 13.8 Å². The molecule has 0 saturated carbocycles. The predicted octanol–water partition coefficient (Wildman–Crippen LogP) is 0.591. The summed E-state index contributed by atoms with van der Waals surface area (Å²) in [5.41, 5.74) is 0. The molecule has 0 aliphatic rings. The van der Waals surface area contributed by atoms with E-state index in [4.69, 9.17) is 9.84 Å². The highest BCUT2D eigenvalue weighted by Gasteiger charge is 2.15. The van der Waals surface area contributed by atoms with Gasteiger partial charge in [-0.05, 0) is 5.92 Å². The van der Waals surface area contributed by atoms with E-state index in [2.05, 4.69) is 5.32 Å². The Bertz CT molecular complexity index is 233. The lowest BCUT2D eigenvalue weighted by atomic mass is 10.1. The first kappa shape index (κ1) is 15.2. The Kier molecular flexibility index (Phi) is 8.01. The summed E-state index contributed by atoms with van der Waals surface area (Å²) < 4.78 is 4.99. The van der Waals surface area contributed by atoms with Gasteiger partial charge in [-0.25, -0.2) is 0 Å². The van der Waals surface area contributed by atoms with E-state index >= 15 is 0 Å². The first-order chi connectivity index (χ1) is 7.47. The minimum atomic E-state index is -0.907. The van der Waals surface area contributed by atoms with Gasteiger partial charge >= 0.3 is 5.97 Å². The monoisotopic (exact) mass is 249 g/mol. The molecule has 0 saturated heterocycles. The average Bonchev–Trinajstić information content (AvgIpc) is 2.16. The van der Waals surface area contributed by atoms with Gasteiger partial charge in [0, 0.05) is 7.11 Å². The normalized spacial score (nSPS) is 12.5. The summed E-state index contributed by atoms with van der Waals surface area (Å²) in [6.07, 6.45) is 0. The van der Waals surface area contributed by atoms with Crippen LogP contribution in [0.1, 0.15) is 13.8 Å². The molecular formula is C10H19NO4S. The van der Waals surface area contributed by atoms with Crippen LogP contribution in [0.2, 0.25) is 0 Å². The van der Waals surface area contributed by atoms with Gasteiger partial charge in [0.1, 0.15) is 0 Å². The van der Waals surface area contributed by atoms with Crippen molar-refractivity contribution in [3.63, 3.8) is 0 Å². The van der Waals surface area contributed by atoms with Crippen molar-refractivity contribution in [2.24, 2.45) is 5.92 Å². The zero-order valence-electron chi connectivity index (χ0n) is 9.86. The van der Waals surface area contributed by atoms with E-state index in [1.54, 1.807) is 7.11 Å². The van der Waals surface area contributed by atoms with Crippen molar-refractivity contribution in [2.45, 2.75) is 19.9 Å². The van der Waals surface area contributed by atoms with Crippen molar-refractivity contribution >= 4 is 23.6 Å². The lowest BCUT2D eigenvalue weighted by molar-refractivity contribution is -0.133. The largest absolute Gasteiger partial charge is 0.481 e. The van der Waals surface area contributed by atoms with E-state index in [1.165, 1.54) is 0 Å². The predicted molar refractivity (Wildman–Crippen MR) is 63.6 cm³/mol. The maximum Gasteiger partial charge on any atom is 0.313 e. The van der Waals surface area contributed by atoms with Crippen molar-refractivity contribution in [1.82, 2.24) is 5.32 Å². The topological polar surface area (TPSA) is 75.6 Å². The van der Waals surface area contributed by atoms with Crippen molar-refractivity contribution in [1.29, 1.82) is 0 Å². The van der Waals surface area contributed by atoms with E-state index < -0.39 is 5.97 Å². The van der Waals surface area contributed by atoms with Crippen molar-refractivity contribution in [3.8, 4) is 0 Å². The fourth-order valence-corrected chi connectivity index (χ4v) is 1.61. The van der Waals surface area contributed by atoms with Crippen LogP contribution in [-0.4, -0.2) is 48.2 Å². The number of carboxylic acid groups (broad SMARTS) is 1. The standard InChI is InChI=1S/C10H19NO4S/c1-7(2)8(4-15-3)11-9(12)5-16-6-10(13)14/h7-8H,4-6H2,1-3H3,(H,11,12)(H,13,14). The molecule has 6 heteroatoms. The van der Waals surface area contributed by atoms with E-state index in [0.717, 1.165) is 11.8 Å². The Hall–Kier alpha value is -0.750. The summed E-state index contributed by atoms with van der Waals surface area (Å²) in [7, 11) is 1.58. The molecule has 0 rings (SSSR count). The van der Waals surface area contributed by atoms with E-state index in [9.17, 15) is 9.59 Å². The number of ether oxygens (including phenoxy) is 1. The molecule has 0 aromatic heterocycles. The molecule has 5 nitrogen and oxygen atoms in total. The number of hydrogen-bond acceptors (Lipinski definition) is 4. The molecule has 2 N–H and O–H groups in total. The highest BCUT2D eigenvalue weighted by atomic mass is 32.2. The van der Waals surface area contributed by atoms with Crippen LogP contribution in [0.5, 0.6) is 0 Å². The number of nitrogens with one attached hydrogen (secondary N) is 1. The third-order valence-electron chi connectivity index (χ3n) is 1.96. The number of aliphatic carboxylic acids is 1. The van der Waals surface area contributed by atoms with Crippen LogP contribution in [0.15, 0.2) is 0 Å². The first-order valence-corrected chi connectivity index (χ1v) is 6.20. The van der Waals surface area contributed by atoms with Crippen LogP contribution in [0, 0.1) is 5.92 Å². The highest BCUT2D eigenvalue weighted by Crippen LogP contribution is 2.04. The molecule has 0 aromatic rings. The SMILES string of the molecule is COCC(NC(=O)CSCC(=O)O)C(C)C. The molecule has 0 fully saturated rings. The summed E-state index contributed by atoms with van der Waals surface area (Å²) in [6, 6.07) is -0.0251. The van der Waals surface area contributed by atoms with Crippen LogP contribution < -0.4 is 5.32 Å². The molecule has 0 heterocycles. The lowest BCUT2D eigenvalue weighted by Crippen LogP contribution is -2.42. The molecule has 0 spiro atoms.